The lowest BCUT2D eigenvalue weighted by molar-refractivity contribution is 1.47. The number of nitrogens with zero attached hydrogens (tertiary/aromatic N) is 2. The van der Waals surface area contributed by atoms with E-state index in [1.165, 1.54) is 0 Å². The molecule has 19 heavy (non-hydrogen) atoms. The molecule has 0 amide bonds. The number of thiophene rings is 1. The van der Waals surface area contributed by atoms with Crippen molar-refractivity contribution in [2.45, 2.75) is 13.8 Å². The molecule has 0 saturated heterocycles. The molecule has 0 N–H and O–H groups in total. The Morgan fingerprint density at radius 1 is 1.00 bits per heavy atom. The van der Waals surface area contributed by atoms with Crippen LogP contribution >= 0.6 is 11.3 Å². The molecule has 1 heterocycles. The van der Waals surface area contributed by atoms with Gasteiger partial charge >= 0.3 is 0 Å². The summed E-state index contributed by atoms with van der Waals surface area (Å²) in [6.07, 6.45) is 0. The van der Waals surface area contributed by atoms with Crippen molar-refractivity contribution in [2.75, 3.05) is 0 Å². The Labute approximate surface area is 117 Å². The Hall–Kier alpha value is -2.00. The Morgan fingerprint density at radius 3 is 2.16 bits per heavy atom. The third kappa shape index (κ3) is 3.06. The standard InChI is InChI=1S/C16H16N2S/c1-11(2)13-5-7-14(8-6-13)12(3)18-16-10-19-9-15(16)17-4/h5-10H,1,4H2,2-3H3. The highest BCUT2D eigenvalue weighted by Gasteiger charge is 2.03. The zero-order valence-electron chi connectivity index (χ0n) is 11.2. The van der Waals surface area contributed by atoms with Crippen molar-refractivity contribution < 1.29 is 0 Å². The normalized spacial score (nSPS) is 11.4. The van der Waals surface area contributed by atoms with E-state index in [0.29, 0.717) is 0 Å². The summed E-state index contributed by atoms with van der Waals surface area (Å²) >= 11 is 1.58. The van der Waals surface area contributed by atoms with E-state index in [2.05, 4.69) is 47.5 Å². The molecule has 2 aromatic rings. The predicted molar refractivity (Wildman–Crippen MR) is 86.5 cm³/mol. The summed E-state index contributed by atoms with van der Waals surface area (Å²) in [7, 11) is 0. The molecular formula is C16H16N2S. The van der Waals surface area contributed by atoms with Crippen molar-refractivity contribution in [2.24, 2.45) is 9.98 Å². The van der Waals surface area contributed by atoms with Crippen LogP contribution in [0.5, 0.6) is 0 Å². The Balaban J connectivity index is 2.31. The van der Waals surface area contributed by atoms with Gasteiger partial charge in [-0.05, 0) is 31.7 Å². The topological polar surface area (TPSA) is 24.7 Å². The highest BCUT2D eigenvalue weighted by atomic mass is 32.1. The van der Waals surface area contributed by atoms with Gasteiger partial charge in [0, 0.05) is 16.5 Å². The first-order valence-corrected chi connectivity index (χ1v) is 6.90. The summed E-state index contributed by atoms with van der Waals surface area (Å²) in [5.41, 5.74) is 6.00. The van der Waals surface area contributed by atoms with Crippen LogP contribution in [0.25, 0.3) is 5.57 Å². The molecule has 0 bridgehead atoms. The second kappa shape index (κ2) is 5.76. The number of aliphatic imine (C=N–C) groups is 2. The van der Waals surface area contributed by atoms with Gasteiger partial charge in [-0.15, -0.1) is 11.3 Å². The van der Waals surface area contributed by atoms with Crippen LogP contribution in [0.15, 0.2) is 51.6 Å². The van der Waals surface area contributed by atoms with Crippen molar-refractivity contribution >= 4 is 40.7 Å². The molecular weight excluding hydrogens is 252 g/mol. The largest absolute Gasteiger partial charge is 0.262 e. The van der Waals surface area contributed by atoms with Crippen molar-refractivity contribution in [1.82, 2.24) is 0 Å². The number of allylic oxidation sites excluding steroid dienone is 1. The van der Waals surface area contributed by atoms with E-state index in [4.69, 9.17) is 0 Å². The van der Waals surface area contributed by atoms with Crippen LogP contribution in [-0.4, -0.2) is 12.4 Å². The van der Waals surface area contributed by atoms with E-state index in [-0.39, 0.29) is 0 Å². The molecule has 96 valence electrons. The summed E-state index contributed by atoms with van der Waals surface area (Å²) in [6.45, 7) is 11.5. The monoisotopic (exact) mass is 268 g/mol. The van der Waals surface area contributed by atoms with Gasteiger partial charge in [-0.3, -0.25) is 4.99 Å². The van der Waals surface area contributed by atoms with Gasteiger partial charge in [0.2, 0.25) is 0 Å². The average molecular weight is 268 g/mol. The van der Waals surface area contributed by atoms with Crippen LogP contribution in [0.2, 0.25) is 0 Å². The molecule has 2 rings (SSSR count). The SMILES string of the molecule is C=Nc1cscc1N=C(C)c1ccc(C(=C)C)cc1. The van der Waals surface area contributed by atoms with Crippen LogP contribution in [0.3, 0.4) is 0 Å². The van der Waals surface area contributed by atoms with E-state index in [1.54, 1.807) is 11.3 Å². The second-order valence-corrected chi connectivity index (χ2v) is 5.10. The highest BCUT2D eigenvalue weighted by molar-refractivity contribution is 7.08. The molecule has 0 unspecified atom stereocenters. The molecule has 0 aliphatic rings. The van der Waals surface area contributed by atoms with Crippen LogP contribution in [0.4, 0.5) is 11.4 Å². The Bertz CT molecular complexity index is 633. The maximum absolute atomic E-state index is 4.61. The molecule has 0 radical (unpaired) electrons. The van der Waals surface area contributed by atoms with Gasteiger partial charge < -0.3 is 0 Å². The van der Waals surface area contributed by atoms with Crippen LogP contribution in [0, 0.1) is 0 Å². The molecule has 0 aliphatic carbocycles. The van der Waals surface area contributed by atoms with Crippen molar-refractivity contribution in [3.63, 3.8) is 0 Å². The van der Waals surface area contributed by atoms with E-state index < -0.39 is 0 Å². The first-order chi connectivity index (χ1) is 9.11. The maximum Gasteiger partial charge on any atom is 0.0996 e. The molecule has 3 heteroatoms. The van der Waals surface area contributed by atoms with E-state index >= 15 is 0 Å². The Morgan fingerprint density at radius 2 is 1.58 bits per heavy atom. The fraction of sp³-hybridized carbons (Fsp3) is 0.125. The first kappa shape index (κ1) is 13.4. The minimum atomic E-state index is 0.836. The van der Waals surface area contributed by atoms with Crippen molar-refractivity contribution in [3.05, 3.63) is 52.7 Å². The van der Waals surface area contributed by atoms with Crippen molar-refractivity contribution in [1.29, 1.82) is 0 Å². The molecule has 2 nitrogen and oxygen atoms in total. The second-order valence-electron chi connectivity index (χ2n) is 4.36. The number of rotatable bonds is 4. The molecule has 0 aliphatic heterocycles. The van der Waals surface area contributed by atoms with Crippen molar-refractivity contribution in [3.8, 4) is 0 Å². The van der Waals surface area contributed by atoms with Gasteiger partial charge in [0.05, 0.1) is 11.4 Å². The molecule has 0 saturated carbocycles. The van der Waals surface area contributed by atoms with Crippen LogP contribution in [-0.2, 0) is 0 Å². The number of hydrogen-bond acceptors (Lipinski definition) is 3. The summed E-state index contributed by atoms with van der Waals surface area (Å²) in [5.74, 6) is 0. The van der Waals surface area contributed by atoms with Crippen LogP contribution < -0.4 is 0 Å². The van der Waals surface area contributed by atoms with Gasteiger partial charge in [0.1, 0.15) is 0 Å². The van der Waals surface area contributed by atoms with E-state index in [9.17, 15) is 0 Å². The third-order valence-corrected chi connectivity index (χ3v) is 3.59. The van der Waals surface area contributed by atoms with E-state index in [1.807, 2.05) is 24.6 Å². The molecule has 0 atom stereocenters. The van der Waals surface area contributed by atoms with Gasteiger partial charge in [-0.2, -0.15) is 0 Å². The number of benzene rings is 1. The quantitative estimate of drug-likeness (QED) is 0.676. The van der Waals surface area contributed by atoms with E-state index in [0.717, 1.165) is 33.8 Å². The molecule has 1 aromatic heterocycles. The predicted octanol–water partition coefficient (Wildman–Crippen LogP) is 5.25. The molecule has 1 aromatic carbocycles. The molecule has 0 spiro atoms. The van der Waals surface area contributed by atoms with Crippen LogP contribution in [0.1, 0.15) is 25.0 Å². The average Bonchev–Trinajstić information content (AvgIpc) is 2.86. The summed E-state index contributed by atoms with van der Waals surface area (Å²) in [6, 6.07) is 8.26. The lowest BCUT2D eigenvalue weighted by Gasteiger charge is -2.03. The zero-order valence-corrected chi connectivity index (χ0v) is 12.0. The summed E-state index contributed by atoms with van der Waals surface area (Å²) in [4.78, 5) is 8.56. The third-order valence-electron chi connectivity index (χ3n) is 2.88. The summed E-state index contributed by atoms with van der Waals surface area (Å²) < 4.78 is 0. The minimum absolute atomic E-state index is 0.836. The number of hydrogen-bond donors (Lipinski definition) is 0. The lowest BCUT2D eigenvalue weighted by Crippen LogP contribution is -1.93. The Kier molecular flexibility index (Phi) is 4.07. The maximum atomic E-state index is 4.61. The minimum Gasteiger partial charge on any atom is -0.262 e. The zero-order chi connectivity index (χ0) is 13.8. The van der Waals surface area contributed by atoms with Gasteiger partial charge in [-0.1, -0.05) is 36.4 Å². The fourth-order valence-electron chi connectivity index (χ4n) is 1.73. The first-order valence-electron chi connectivity index (χ1n) is 5.96. The molecule has 0 fully saturated rings. The fourth-order valence-corrected chi connectivity index (χ4v) is 2.42. The van der Waals surface area contributed by atoms with Gasteiger partial charge in [0.25, 0.3) is 0 Å². The van der Waals surface area contributed by atoms with Gasteiger partial charge in [0.15, 0.2) is 0 Å². The smallest absolute Gasteiger partial charge is 0.0996 e. The summed E-state index contributed by atoms with van der Waals surface area (Å²) in [5, 5.41) is 3.93. The van der Waals surface area contributed by atoms with Gasteiger partial charge in [-0.25, -0.2) is 4.99 Å². The lowest BCUT2D eigenvalue weighted by atomic mass is 10.0. The highest BCUT2D eigenvalue weighted by Crippen LogP contribution is 2.32.